The van der Waals surface area contributed by atoms with Gasteiger partial charge in [-0.15, -0.1) is 0 Å². The summed E-state index contributed by atoms with van der Waals surface area (Å²) in [6.07, 6.45) is 7.54. The number of amides is 1. The zero-order valence-corrected chi connectivity index (χ0v) is 12.0. The van der Waals surface area contributed by atoms with E-state index in [4.69, 9.17) is 4.74 Å². The van der Waals surface area contributed by atoms with Crippen molar-refractivity contribution in [3.05, 3.63) is 30.3 Å². The number of rotatable bonds is 3. The summed E-state index contributed by atoms with van der Waals surface area (Å²) >= 11 is 0. The van der Waals surface area contributed by atoms with E-state index in [9.17, 15) is 4.79 Å². The smallest absolute Gasteiger partial charge is 0.260 e. The monoisotopic (exact) mass is 273 g/mol. The molecule has 0 bridgehead atoms. The first-order chi connectivity index (χ1) is 9.84. The van der Waals surface area contributed by atoms with E-state index < -0.39 is 0 Å². The number of ether oxygens (including phenoxy) is 1. The van der Waals surface area contributed by atoms with Crippen molar-refractivity contribution in [3.8, 4) is 5.75 Å². The fourth-order valence-corrected chi connectivity index (χ4v) is 3.68. The molecule has 1 saturated carbocycles. The van der Waals surface area contributed by atoms with Crippen LogP contribution in [0.4, 0.5) is 0 Å². The van der Waals surface area contributed by atoms with Crippen LogP contribution in [0.3, 0.4) is 0 Å². The van der Waals surface area contributed by atoms with Crippen LogP contribution in [-0.4, -0.2) is 30.0 Å². The Balaban J connectivity index is 1.58. The normalized spacial score (nSPS) is 25.9. The molecule has 0 N–H and O–H groups in total. The second kappa shape index (κ2) is 6.29. The molecule has 108 valence electrons. The molecule has 0 unspecified atom stereocenters. The third-order valence-electron chi connectivity index (χ3n) is 4.67. The maximum Gasteiger partial charge on any atom is 0.260 e. The van der Waals surface area contributed by atoms with Gasteiger partial charge >= 0.3 is 0 Å². The Labute approximate surface area is 120 Å². The lowest BCUT2D eigenvalue weighted by Crippen LogP contribution is -2.51. The number of likely N-dealkylation sites (tertiary alicyclic amines) is 1. The van der Waals surface area contributed by atoms with E-state index in [-0.39, 0.29) is 12.5 Å². The highest BCUT2D eigenvalue weighted by Crippen LogP contribution is 2.35. The molecule has 3 heteroatoms. The summed E-state index contributed by atoms with van der Waals surface area (Å²) in [5.41, 5.74) is 0. The number of fused-ring (bicyclic) bond motifs is 1. The molecule has 1 amide bonds. The molecule has 1 aromatic rings. The number of para-hydroxylation sites is 1. The molecule has 1 heterocycles. The Morgan fingerprint density at radius 1 is 1.10 bits per heavy atom. The molecule has 3 nitrogen and oxygen atoms in total. The van der Waals surface area contributed by atoms with Crippen LogP contribution in [0.2, 0.25) is 0 Å². The van der Waals surface area contributed by atoms with E-state index in [0.717, 1.165) is 24.6 Å². The van der Waals surface area contributed by atoms with Gasteiger partial charge in [0.1, 0.15) is 5.75 Å². The Bertz CT molecular complexity index is 444. The molecular weight excluding hydrogens is 250 g/mol. The fourth-order valence-electron chi connectivity index (χ4n) is 3.68. The van der Waals surface area contributed by atoms with Crippen molar-refractivity contribution in [2.45, 2.75) is 44.6 Å². The van der Waals surface area contributed by atoms with Crippen LogP contribution in [0, 0.1) is 5.92 Å². The second-order valence-corrected chi connectivity index (χ2v) is 5.94. The maximum absolute atomic E-state index is 12.4. The molecule has 2 aliphatic rings. The standard InChI is InChI=1S/C17H23NO2/c19-17(13-20-15-9-2-1-3-10-15)18-12-6-8-14-7-4-5-11-16(14)18/h1-3,9-10,14,16H,4-8,11-13H2/t14-,16-/m1/s1. The van der Waals surface area contributed by atoms with Gasteiger partial charge in [0.2, 0.25) is 0 Å². The van der Waals surface area contributed by atoms with Crippen LogP contribution >= 0.6 is 0 Å². The number of nitrogens with zero attached hydrogens (tertiary/aromatic N) is 1. The third kappa shape index (κ3) is 2.97. The molecule has 1 aromatic carbocycles. The van der Waals surface area contributed by atoms with Gasteiger partial charge < -0.3 is 9.64 Å². The Morgan fingerprint density at radius 2 is 1.85 bits per heavy atom. The van der Waals surface area contributed by atoms with Gasteiger partial charge in [-0.25, -0.2) is 0 Å². The van der Waals surface area contributed by atoms with Crippen molar-refractivity contribution in [1.29, 1.82) is 0 Å². The number of carbonyl (C=O) groups excluding carboxylic acids is 1. The minimum atomic E-state index is 0.158. The summed E-state index contributed by atoms with van der Waals surface area (Å²) in [7, 11) is 0. The molecule has 20 heavy (non-hydrogen) atoms. The van der Waals surface area contributed by atoms with E-state index in [1.54, 1.807) is 0 Å². The van der Waals surface area contributed by atoms with E-state index >= 15 is 0 Å². The Kier molecular flexibility index (Phi) is 4.24. The Morgan fingerprint density at radius 3 is 2.70 bits per heavy atom. The molecule has 2 fully saturated rings. The molecule has 1 aliphatic carbocycles. The highest BCUT2D eigenvalue weighted by atomic mass is 16.5. The van der Waals surface area contributed by atoms with E-state index in [1.165, 1.54) is 32.1 Å². The van der Waals surface area contributed by atoms with Crippen molar-refractivity contribution in [1.82, 2.24) is 4.90 Å². The average Bonchev–Trinajstić information content (AvgIpc) is 2.53. The van der Waals surface area contributed by atoms with Crippen LogP contribution < -0.4 is 4.74 Å². The van der Waals surface area contributed by atoms with Crippen LogP contribution in [0.15, 0.2) is 30.3 Å². The third-order valence-corrected chi connectivity index (χ3v) is 4.67. The van der Waals surface area contributed by atoms with Crippen molar-refractivity contribution < 1.29 is 9.53 Å². The number of benzene rings is 1. The first kappa shape index (κ1) is 13.5. The van der Waals surface area contributed by atoms with Crippen molar-refractivity contribution in [2.24, 2.45) is 5.92 Å². The molecule has 0 spiro atoms. The SMILES string of the molecule is O=C(COc1ccccc1)N1CCC[C@H]2CCCC[C@H]21. The lowest BCUT2D eigenvalue weighted by molar-refractivity contribution is -0.139. The highest BCUT2D eigenvalue weighted by Gasteiger charge is 2.35. The highest BCUT2D eigenvalue weighted by molar-refractivity contribution is 5.78. The molecule has 3 rings (SSSR count). The summed E-state index contributed by atoms with van der Waals surface area (Å²) in [6.45, 7) is 1.09. The van der Waals surface area contributed by atoms with Crippen molar-refractivity contribution >= 4 is 5.91 Å². The molecule has 1 saturated heterocycles. The minimum absolute atomic E-state index is 0.158. The fraction of sp³-hybridized carbons (Fsp3) is 0.588. The number of piperidine rings is 1. The van der Waals surface area contributed by atoms with Crippen LogP contribution in [0.5, 0.6) is 5.75 Å². The zero-order chi connectivity index (χ0) is 13.8. The predicted octanol–water partition coefficient (Wildman–Crippen LogP) is 3.25. The van der Waals surface area contributed by atoms with Crippen LogP contribution in [-0.2, 0) is 4.79 Å². The van der Waals surface area contributed by atoms with Gasteiger partial charge in [-0.05, 0) is 43.7 Å². The van der Waals surface area contributed by atoms with Gasteiger partial charge in [-0.1, -0.05) is 31.0 Å². The minimum Gasteiger partial charge on any atom is -0.484 e. The molecule has 1 aliphatic heterocycles. The van der Waals surface area contributed by atoms with E-state index in [1.807, 2.05) is 30.3 Å². The first-order valence-corrected chi connectivity index (χ1v) is 7.82. The summed E-state index contributed by atoms with van der Waals surface area (Å²) in [5.74, 6) is 1.67. The summed E-state index contributed by atoms with van der Waals surface area (Å²) in [5, 5.41) is 0. The number of hydrogen-bond donors (Lipinski definition) is 0. The molecular formula is C17H23NO2. The number of hydrogen-bond acceptors (Lipinski definition) is 2. The van der Waals surface area contributed by atoms with Gasteiger partial charge in [0.05, 0.1) is 0 Å². The van der Waals surface area contributed by atoms with Crippen molar-refractivity contribution in [2.75, 3.05) is 13.2 Å². The van der Waals surface area contributed by atoms with Crippen molar-refractivity contribution in [3.63, 3.8) is 0 Å². The van der Waals surface area contributed by atoms with Crippen LogP contribution in [0.25, 0.3) is 0 Å². The van der Waals surface area contributed by atoms with Gasteiger partial charge in [0.15, 0.2) is 6.61 Å². The molecule has 0 aromatic heterocycles. The first-order valence-electron chi connectivity index (χ1n) is 7.82. The number of carbonyl (C=O) groups is 1. The topological polar surface area (TPSA) is 29.5 Å². The summed E-state index contributed by atoms with van der Waals surface area (Å²) < 4.78 is 5.61. The average molecular weight is 273 g/mol. The van der Waals surface area contributed by atoms with Gasteiger partial charge in [0, 0.05) is 12.6 Å². The largest absolute Gasteiger partial charge is 0.484 e. The van der Waals surface area contributed by atoms with Gasteiger partial charge in [-0.3, -0.25) is 4.79 Å². The lowest BCUT2D eigenvalue weighted by Gasteiger charge is -2.44. The van der Waals surface area contributed by atoms with Crippen LogP contribution in [0.1, 0.15) is 38.5 Å². The predicted molar refractivity (Wildman–Crippen MR) is 78.6 cm³/mol. The quantitative estimate of drug-likeness (QED) is 0.846. The summed E-state index contributed by atoms with van der Waals surface area (Å²) in [6, 6.07) is 10.1. The van der Waals surface area contributed by atoms with Gasteiger partial charge in [-0.2, -0.15) is 0 Å². The Hall–Kier alpha value is -1.51. The van der Waals surface area contributed by atoms with E-state index in [2.05, 4.69) is 4.90 Å². The lowest BCUT2D eigenvalue weighted by atomic mass is 9.78. The summed E-state index contributed by atoms with van der Waals surface area (Å²) in [4.78, 5) is 14.5. The molecule has 0 radical (unpaired) electrons. The second-order valence-electron chi connectivity index (χ2n) is 5.94. The molecule has 2 atom stereocenters. The maximum atomic E-state index is 12.4. The van der Waals surface area contributed by atoms with Gasteiger partial charge in [0.25, 0.3) is 5.91 Å². The van der Waals surface area contributed by atoms with E-state index in [0.29, 0.717) is 6.04 Å². The zero-order valence-electron chi connectivity index (χ0n) is 12.0.